The van der Waals surface area contributed by atoms with Gasteiger partial charge in [0.15, 0.2) is 0 Å². The number of hydrogen-bond donors (Lipinski definition) is 1. The lowest BCUT2D eigenvalue weighted by atomic mass is 10.2. The Morgan fingerprint density at radius 2 is 1.87 bits per heavy atom. The second kappa shape index (κ2) is 3.92. The van der Waals surface area contributed by atoms with Crippen molar-refractivity contribution in [3.8, 4) is 0 Å². The molecule has 0 aliphatic carbocycles. The summed E-state index contributed by atoms with van der Waals surface area (Å²) in [4.78, 5) is 12.5. The molecule has 84 valence electrons. The number of halogens is 6. The maximum Gasteiger partial charge on any atom is 0.418 e. The highest BCUT2D eigenvalue weighted by Crippen LogP contribution is 2.34. The third-order valence-corrected chi connectivity index (χ3v) is 2.19. The van der Waals surface area contributed by atoms with Crippen molar-refractivity contribution in [3.05, 3.63) is 32.2 Å². The molecule has 0 aliphatic heterocycles. The van der Waals surface area contributed by atoms with Crippen LogP contribution < -0.4 is 5.56 Å². The van der Waals surface area contributed by atoms with Gasteiger partial charge in [-0.05, 0) is 22.0 Å². The lowest BCUT2D eigenvalue weighted by Crippen LogP contribution is -2.18. The Morgan fingerprint density at radius 3 is 2.27 bits per heavy atom. The summed E-state index contributed by atoms with van der Waals surface area (Å²) in [6, 6.07) is 0.133. The highest BCUT2D eigenvalue weighted by atomic mass is 79.9. The van der Waals surface area contributed by atoms with Gasteiger partial charge in [-0.25, -0.2) is 8.78 Å². The summed E-state index contributed by atoms with van der Waals surface area (Å²) in [5, 5.41) is 0. The highest BCUT2D eigenvalue weighted by Gasteiger charge is 2.35. The molecule has 1 N–H and O–H groups in total. The van der Waals surface area contributed by atoms with Gasteiger partial charge in [-0.3, -0.25) is 4.79 Å². The maximum atomic E-state index is 12.2. The van der Waals surface area contributed by atoms with Gasteiger partial charge in [-0.1, -0.05) is 0 Å². The monoisotopic (exact) mass is 291 g/mol. The Balaban J connectivity index is 3.44. The number of pyridine rings is 1. The third kappa shape index (κ3) is 2.55. The molecular formula is C7H3BrF5NO. The molecule has 0 radical (unpaired) electrons. The molecule has 8 heteroatoms. The van der Waals surface area contributed by atoms with Crippen LogP contribution in [0.5, 0.6) is 0 Å². The zero-order valence-corrected chi connectivity index (χ0v) is 8.42. The molecule has 0 atom stereocenters. The average molecular weight is 292 g/mol. The summed E-state index contributed by atoms with van der Waals surface area (Å²) in [7, 11) is 0. The van der Waals surface area contributed by atoms with Gasteiger partial charge in [0.25, 0.3) is 12.0 Å². The Bertz CT molecular complexity index is 424. The van der Waals surface area contributed by atoms with Crippen LogP contribution in [0.2, 0.25) is 0 Å². The fourth-order valence-electron chi connectivity index (χ4n) is 0.892. The van der Waals surface area contributed by atoms with Crippen molar-refractivity contribution in [2.75, 3.05) is 0 Å². The van der Waals surface area contributed by atoms with Crippen LogP contribution in [0.3, 0.4) is 0 Å². The predicted molar refractivity (Wildman–Crippen MR) is 44.7 cm³/mol. The Hall–Kier alpha value is -0.920. The van der Waals surface area contributed by atoms with Gasteiger partial charge in [0.05, 0.1) is 15.7 Å². The number of aromatic nitrogens is 1. The average Bonchev–Trinajstić information content (AvgIpc) is 2.00. The van der Waals surface area contributed by atoms with E-state index in [0.29, 0.717) is 0 Å². The Kier molecular flexibility index (Phi) is 3.17. The zero-order chi connectivity index (χ0) is 11.8. The lowest BCUT2D eigenvalue weighted by Gasteiger charge is -2.09. The largest absolute Gasteiger partial charge is 0.418 e. The lowest BCUT2D eigenvalue weighted by molar-refractivity contribution is -0.138. The molecule has 0 bridgehead atoms. The summed E-state index contributed by atoms with van der Waals surface area (Å²) >= 11 is 2.45. The molecule has 0 saturated carbocycles. The molecular weight excluding hydrogens is 289 g/mol. The second-order valence-corrected chi connectivity index (χ2v) is 3.37. The first kappa shape index (κ1) is 12.2. The topological polar surface area (TPSA) is 32.9 Å². The van der Waals surface area contributed by atoms with Crippen LogP contribution in [0.1, 0.15) is 17.6 Å². The fraction of sp³-hybridized carbons (Fsp3) is 0.286. The van der Waals surface area contributed by atoms with Crippen molar-refractivity contribution < 1.29 is 22.0 Å². The molecule has 0 unspecified atom stereocenters. The predicted octanol–water partition coefficient (Wildman–Crippen LogP) is 3.09. The standard InChI is InChI=1S/C7H3BrF5NO/c8-4-3(7(11,12)13)1-2(5(9)10)6(15)14-4/h1,5H,(H,14,15). The summed E-state index contributed by atoms with van der Waals surface area (Å²) in [6.07, 6.45) is -8.05. The van der Waals surface area contributed by atoms with Gasteiger partial charge >= 0.3 is 6.18 Å². The van der Waals surface area contributed by atoms with Crippen LogP contribution in [0.25, 0.3) is 0 Å². The van der Waals surface area contributed by atoms with Crippen molar-refractivity contribution in [1.29, 1.82) is 0 Å². The van der Waals surface area contributed by atoms with Crippen LogP contribution in [0.15, 0.2) is 15.5 Å². The Labute approximate surface area is 88.2 Å². The first-order valence-corrected chi connectivity index (χ1v) is 4.31. The number of H-pyrrole nitrogens is 1. The maximum absolute atomic E-state index is 12.2. The van der Waals surface area contributed by atoms with Gasteiger partial charge < -0.3 is 4.98 Å². The highest BCUT2D eigenvalue weighted by molar-refractivity contribution is 9.10. The minimum Gasteiger partial charge on any atom is -0.316 e. The van der Waals surface area contributed by atoms with Gasteiger partial charge in [-0.15, -0.1) is 0 Å². The summed E-state index contributed by atoms with van der Waals surface area (Å²) in [5.74, 6) is 0. The smallest absolute Gasteiger partial charge is 0.316 e. The summed E-state index contributed by atoms with van der Waals surface area (Å²) in [6.45, 7) is 0. The van der Waals surface area contributed by atoms with E-state index in [4.69, 9.17) is 0 Å². The van der Waals surface area contributed by atoms with Crippen LogP contribution in [0.4, 0.5) is 22.0 Å². The van der Waals surface area contributed by atoms with E-state index < -0.39 is 33.9 Å². The Morgan fingerprint density at radius 1 is 1.33 bits per heavy atom. The molecule has 0 aromatic carbocycles. The summed E-state index contributed by atoms with van der Waals surface area (Å²) < 4.78 is 60.3. The molecule has 1 aromatic heterocycles. The van der Waals surface area contributed by atoms with Crippen LogP contribution >= 0.6 is 15.9 Å². The molecule has 15 heavy (non-hydrogen) atoms. The molecule has 2 nitrogen and oxygen atoms in total. The number of aromatic amines is 1. The molecule has 0 aliphatic rings. The van der Waals surface area contributed by atoms with E-state index >= 15 is 0 Å². The first-order chi connectivity index (χ1) is 6.73. The minimum absolute atomic E-state index is 0.133. The van der Waals surface area contributed by atoms with Crippen LogP contribution in [-0.2, 0) is 6.18 Å². The van der Waals surface area contributed by atoms with Crippen LogP contribution in [0, 0.1) is 0 Å². The van der Waals surface area contributed by atoms with Gasteiger partial charge in [0.1, 0.15) is 0 Å². The van der Waals surface area contributed by atoms with E-state index in [1.807, 2.05) is 0 Å². The minimum atomic E-state index is -4.80. The van der Waals surface area contributed by atoms with E-state index in [0.717, 1.165) is 0 Å². The van der Waals surface area contributed by atoms with E-state index in [1.165, 1.54) is 0 Å². The fourth-order valence-corrected chi connectivity index (χ4v) is 1.41. The number of alkyl halides is 5. The molecule has 0 fully saturated rings. The van der Waals surface area contributed by atoms with Crippen molar-refractivity contribution in [1.82, 2.24) is 4.98 Å². The molecule has 0 spiro atoms. The van der Waals surface area contributed by atoms with Crippen LogP contribution in [-0.4, -0.2) is 4.98 Å². The van der Waals surface area contributed by atoms with Gasteiger partial charge in [0.2, 0.25) is 0 Å². The molecule has 1 heterocycles. The molecule has 1 rings (SSSR count). The number of hydrogen-bond acceptors (Lipinski definition) is 1. The van der Waals surface area contributed by atoms with Gasteiger partial charge in [-0.2, -0.15) is 13.2 Å². The normalized spacial score (nSPS) is 12.2. The zero-order valence-electron chi connectivity index (χ0n) is 6.83. The second-order valence-electron chi connectivity index (χ2n) is 2.58. The van der Waals surface area contributed by atoms with E-state index in [1.54, 1.807) is 4.98 Å². The molecule has 1 aromatic rings. The van der Waals surface area contributed by atoms with E-state index in [9.17, 15) is 26.7 Å². The number of rotatable bonds is 1. The van der Waals surface area contributed by atoms with E-state index in [-0.39, 0.29) is 6.07 Å². The van der Waals surface area contributed by atoms with Crippen molar-refractivity contribution in [2.45, 2.75) is 12.6 Å². The third-order valence-electron chi connectivity index (χ3n) is 1.56. The van der Waals surface area contributed by atoms with Crippen molar-refractivity contribution >= 4 is 15.9 Å². The number of nitrogens with one attached hydrogen (secondary N) is 1. The summed E-state index contributed by atoms with van der Waals surface area (Å²) in [5.41, 5.74) is -3.78. The van der Waals surface area contributed by atoms with E-state index in [2.05, 4.69) is 15.9 Å². The molecule has 0 saturated heterocycles. The first-order valence-electron chi connectivity index (χ1n) is 3.51. The van der Waals surface area contributed by atoms with Crippen molar-refractivity contribution in [3.63, 3.8) is 0 Å². The molecule has 0 amide bonds. The van der Waals surface area contributed by atoms with Gasteiger partial charge in [0, 0.05) is 0 Å². The van der Waals surface area contributed by atoms with Crippen molar-refractivity contribution in [2.24, 2.45) is 0 Å². The SMILES string of the molecule is O=c1[nH]c(Br)c(C(F)(F)F)cc1C(F)F. The quantitative estimate of drug-likeness (QED) is 0.626.